The van der Waals surface area contributed by atoms with Crippen LogP contribution in [-0.4, -0.2) is 12.3 Å². The van der Waals surface area contributed by atoms with Crippen LogP contribution in [0.5, 0.6) is 0 Å². The van der Waals surface area contributed by atoms with Gasteiger partial charge in [0.05, 0.1) is 0 Å². The molecule has 0 heterocycles. The molecule has 1 aromatic rings. The summed E-state index contributed by atoms with van der Waals surface area (Å²) in [6, 6.07) is 7.24. The monoisotopic (exact) mass is 257 g/mol. The molecule has 0 amide bonds. The Hall–Kier alpha value is -0.770. The van der Waals surface area contributed by atoms with Crippen molar-refractivity contribution in [1.29, 1.82) is 0 Å². The smallest absolute Gasteiger partial charge is 0.288 e. The van der Waals surface area contributed by atoms with Gasteiger partial charge in [0.25, 0.3) is 5.76 Å². The van der Waals surface area contributed by atoms with Gasteiger partial charge in [-0.1, -0.05) is 24.6 Å². The van der Waals surface area contributed by atoms with Crippen LogP contribution < -0.4 is 5.32 Å². The van der Waals surface area contributed by atoms with Gasteiger partial charge in [0.15, 0.2) is 0 Å². The maximum absolute atomic E-state index is 12.1. The van der Waals surface area contributed by atoms with E-state index in [0.717, 1.165) is 18.2 Å². The lowest BCUT2D eigenvalue weighted by Gasteiger charge is -2.12. The van der Waals surface area contributed by atoms with Crippen molar-refractivity contribution in [2.75, 3.05) is 11.9 Å². The lowest BCUT2D eigenvalue weighted by atomic mass is 10.1. The van der Waals surface area contributed by atoms with Gasteiger partial charge in [-0.25, -0.2) is 0 Å². The molecule has 0 spiro atoms. The Labute approximate surface area is 105 Å². The number of hydrogen-bond donors (Lipinski definition) is 1. The van der Waals surface area contributed by atoms with Gasteiger partial charge in [-0.15, -0.1) is 0 Å². The number of halogens is 2. The summed E-state index contributed by atoms with van der Waals surface area (Å²) in [4.78, 5) is 0.617. The number of hydrogen-bond acceptors (Lipinski definition) is 2. The second kappa shape index (κ2) is 6.24. The summed E-state index contributed by atoms with van der Waals surface area (Å²) in [6.07, 6.45) is 5.31. The van der Waals surface area contributed by atoms with Crippen LogP contribution in [0.1, 0.15) is 25.7 Å². The lowest BCUT2D eigenvalue weighted by Crippen LogP contribution is -2.10. The number of anilines is 1. The van der Waals surface area contributed by atoms with Gasteiger partial charge >= 0.3 is 0 Å². The molecule has 1 nitrogen and oxygen atoms in total. The third kappa shape index (κ3) is 4.19. The number of rotatable bonds is 5. The summed E-state index contributed by atoms with van der Waals surface area (Å²) in [5.74, 6) is -1.56. The minimum absolute atomic E-state index is 0.589. The fraction of sp³-hybridized carbons (Fsp3) is 0.538. The first-order chi connectivity index (χ1) is 8.24. The Bertz CT molecular complexity index is 334. The summed E-state index contributed by atoms with van der Waals surface area (Å²) in [6.45, 7) is 1.00. The summed E-state index contributed by atoms with van der Waals surface area (Å²) < 4.78 is 24.2. The molecular formula is C13H17F2NS. The maximum atomic E-state index is 12.1. The number of thioether (sulfide) groups is 1. The highest BCUT2D eigenvalue weighted by atomic mass is 32.2. The van der Waals surface area contributed by atoms with Crippen LogP contribution in [0.3, 0.4) is 0 Å². The first kappa shape index (κ1) is 12.7. The van der Waals surface area contributed by atoms with Gasteiger partial charge in [-0.3, -0.25) is 0 Å². The highest BCUT2D eigenvalue weighted by Crippen LogP contribution is 2.27. The zero-order chi connectivity index (χ0) is 12.1. The fourth-order valence-electron chi connectivity index (χ4n) is 2.23. The third-order valence-corrected chi connectivity index (χ3v) is 3.87. The molecule has 1 fully saturated rings. The van der Waals surface area contributed by atoms with Crippen molar-refractivity contribution in [2.45, 2.75) is 36.3 Å². The van der Waals surface area contributed by atoms with E-state index in [-0.39, 0.29) is 0 Å². The predicted octanol–water partition coefficient (Wildman–Crippen LogP) is 4.60. The SMILES string of the molecule is FC(F)Sc1ccc(NCC2CCCC2)cc1. The van der Waals surface area contributed by atoms with Crippen molar-refractivity contribution >= 4 is 17.4 Å². The number of alkyl halides is 2. The Balaban J connectivity index is 1.80. The average molecular weight is 257 g/mol. The van der Waals surface area contributed by atoms with Crippen molar-refractivity contribution in [3.05, 3.63) is 24.3 Å². The minimum atomic E-state index is -2.34. The van der Waals surface area contributed by atoms with Crippen LogP contribution >= 0.6 is 11.8 Å². The Morgan fingerprint density at radius 1 is 1.18 bits per heavy atom. The van der Waals surface area contributed by atoms with Gasteiger partial charge in [0.1, 0.15) is 0 Å². The van der Waals surface area contributed by atoms with E-state index in [1.54, 1.807) is 12.1 Å². The van der Waals surface area contributed by atoms with E-state index in [9.17, 15) is 8.78 Å². The molecule has 0 unspecified atom stereocenters. The van der Waals surface area contributed by atoms with E-state index in [2.05, 4.69) is 5.32 Å². The summed E-state index contributed by atoms with van der Waals surface area (Å²) in [7, 11) is 0. The van der Waals surface area contributed by atoms with E-state index >= 15 is 0 Å². The standard InChI is InChI=1S/C13H17F2NS/c14-13(15)17-12-7-5-11(6-8-12)16-9-10-3-1-2-4-10/h5-8,10,13,16H,1-4,9H2. The Morgan fingerprint density at radius 3 is 2.41 bits per heavy atom. The van der Waals surface area contributed by atoms with Crippen LogP contribution in [-0.2, 0) is 0 Å². The van der Waals surface area contributed by atoms with Crippen LogP contribution in [0, 0.1) is 5.92 Å². The second-order valence-electron chi connectivity index (χ2n) is 4.43. The zero-order valence-electron chi connectivity index (χ0n) is 9.66. The van der Waals surface area contributed by atoms with E-state index in [0.29, 0.717) is 16.7 Å². The first-order valence-corrected chi connectivity index (χ1v) is 6.91. The molecule has 1 saturated carbocycles. The van der Waals surface area contributed by atoms with Gasteiger partial charge in [0, 0.05) is 17.1 Å². The molecule has 1 aliphatic rings. The van der Waals surface area contributed by atoms with Gasteiger partial charge < -0.3 is 5.32 Å². The molecule has 1 aromatic carbocycles. The molecule has 1 N–H and O–H groups in total. The summed E-state index contributed by atoms with van der Waals surface area (Å²) in [5, 5.41) is 3.37. The molecule has 0 aromatic heterocycles. The summed E-state index contributed by atoms with van der Waals surface area (Å²) >= 11 is 0.589. The normalized spacial score (nSPS) is 16.6. The van der Waals surface area contributed by atoms with Crippen molar-refractivity contribution in [3.63, 3.8) is 0 Å². The van der Waals surface area contributed by atoms with Crippen LogP contribution in [0.15, 0.2) is 29.2 Å². The second-order valence-corrected chi connectivity index (χ2v) is 5.50. The van der Waals surface area contributed by atoms with Crippen LogP contribution in [0.2, 0.25) is 0 Å². The first-order valence-electron chi connectivity index (χ1n) is 6.03. The predicted molar refractivity (Wildman–Crippen MR) is 68.8 cm³/mol. The quantitative estimate of drug-likeness (QED) is 0.773. The van der Waals surface area contributed by atoms with Crippen LogP contribution in [0.4, 0.5) is 14.5 Å². The molecule has 2 rings (SSSR count). The molecule has 0 bridgehead atoms. The summed E-state index contributed by atoms with van der Waals surface area (Å²) in [5.41, 5.74) is 1.02. The number of benzene rings is 1. The molecule has 0 saturated heterocycles. The molecule has 0 aliphatic heterocycles. The number of nitrogens with one attached hydrogen (secondary N) is 1. The molecule has 94 valence electrons. The van der Waals surface area contributed by atoms with E-state index in [1.807, 2.05) is 12.1 Å². The van der Waals surface area contributed by atoms with E-state index < -0.39 is 5.76 Å². The van der Waals surface area contributed by atoms with Crippen LogP contribution in [0.25, 0.3) is 0 Å². The Morgan fingerprint density at radius 2 is 1.82 bits per heavy atom. The average Bonchev–Trinajstić information content (AvgIpc) is 2.80. The largest absolute Gasteiger partial charge is 0.385 e. The van der Waals surface area contributed by atoms with Crippen molar-refractivity contribution in [1.82, 2.24) is 0 Å². The maximum Gasteiger partial charge on any atom is 0.288 e. The van der Waals surface area contributed by atoms with Gasteiger partial charge in [0.2, 0.25) is 0 Å². The lowest BCUT2D eigenvalue weighted by molar-refractivity contribution is 0.252. The van der Waals surface area contributed by atoms with Gasteiger partial charge in [-0.2, -0.15) is 8.78 Å². The molecule has 0 radical (unpaired) electrons. The molecule has 0 atom stereocenters. The molecule has 1 aliphatic carbocycles. The highest BCUT2D eigenvalue weighted by molar-refractivity contribution is 7.99. The van der Waals surface area contributed by atoms with Crippen molar-refractivity contribution in [3.8, 4) is 0 Å². The third-order valence-electron chi connectivity index (χ3n) is 3.15. The zero-order valence-corrected chi connectivity index (χ0v) is 10.5. The van der Waals surface area contributed by atoms with Crippen molar-refractivity contribution in [2.24, 2.45) is 5.92 Å². The van der Waals surface area contributed by atoms with Crippen molar-refractivity contribution < 1.29 is 8.78 Å². The molecular weight excluding hydrogens is 240 g/mol. The molecule has 4 heteroatoms. The topological polar surface area (TPSA) is 12.0 Å². The Kier molecular flexibility index (Phi) is 4.66. The fourth-order valence-corrected chi connectivity index (χ4v) is 2.73. The molecule has 17 heavy (non-hydrogen) atoms. The van der Waals surface area contributed by atoms with Gasteiger partial charge in [-0.05, 0) is 43.0 Å². The van der Waals surface area contributed by atoms with E-state index in [1.165, 1.54) is 25.7 Å². The minimum Gasteiger partial charge on any atom is -0.385 e. The highest BCUT2D eigenvalue weighted by Gasteiger charge is 2.14. The van der Waals surface area contributed by atoms with E-state index in [4.69, 9.17) is 0 Å².